The van der Waals surface area contributed by atoms with E-state index in [-0.39, 0.29) is 5.75 Å². The number of aromatic hydroxyl groups is 1. The number of hydrogen-bond donors (Lipinski definition) is 2. The molecule has 0 heterocycles. The van der Waals surface area contributed by atoms with E-state index in [1.807, 2.05) is 61.5 Å². The number of phenols is 1. The normalized spacial score (nSPS) is 11.1. The third-order valence-electron chi connectivity index (χ3n) is 3.94. The van der Waals surface area contributed by atoms with Gasteiger partial charge in [-0.05, 0) is 42.3 Å². The molecule has 0 unspecified atom stereocenters. The number of para-hydroxylation sites is 1. The molecule has 1 amide bonds. The fourth-order valence-corrected chi connectivity index (χ4v) is 2.61. The lowest BCUT2D eigenvalue weighted by atomic mass is 10.0. The zero-order valence-corrected chi connectivity index (χ0v) is 14.9. The summed E-state index contributed by atoms with van der Waals surface area (Å²) in [5.74, 6) is 0.0942. The summed E-state index contributed by atoms with van der Waals surface area (Å²) >= 11 is 0. The van der Waals surface area contributed by atoms with Crippen LogP contribution in [0.15, 0.2) is 84.0 Å². The van der Waals surface area contributed by atoms with Gasteiger partial charge in [0.2, 0.25) is 0 Å². The Labute approximate surface area is 157 Å². The lowest BCUT2D eigenvalue weighted by molar-refractivity contribution is 0.166. The molecule has 0 aromatic heterocycles. The first-order chi connectivity index (χ1) is 13.1. The van der Waals surface area contributed by atoms with Crippen LogP contribution in [0.1, 0.15) is 16.7 Å². The molecule has 0 saturated carbocycles. The number of benzene rings is 3. The van der Waals surface area contributed by atoms with Crippen LogP contribution in [0.2, 0.25) is 0 Å². The van der Waals surface area contributed by atoms with Gasteiger partial charge in [0.1, 0.15) is 5.75 Å². The molecule has 5 nitrogen and oxygen atoms in total. The van der Waals surface area contributed by atoms with Crippen LogP contribution >= 0.6 is 0 Å². The van der Waals surface area contributed by atoms with E-state index in [9.17, 15) is 9.90 Å². The molecule has 5 heteroatoms. The van der Waals surface area contributed by atoms with Crippen molar-refractivity contribution in [2.45, 2.75) is 13.3 Å². The van der Waals surface area contributed by atoms with Gasteiger partial charge in [0, 0.05) is 17.7 Å². The topological polar surface area (TPSA) is 70.9 Å². The van der Waals surface area contributed by atoms with Crippen LogP contribution in [0.3, 0.4) is 0 Å². The van der Waals surface area contributed by atoms with E-state index in [4.69, 9.17) is 4.84 Å². The molecule has 136 valence electrons. The van der Waals surface area contributed by atoms with Crippen LogP contribution in [-0.2, 0) is 11.3 Å². The highest BCUT2D eigenvalue weighted by molar-refractivity contribution is 6.04. The van der Waals surface area contributed by atoms with Crippen molar-refractivity contribution in [3.8, 4) is 5.75 Å². The van der Waals surface area contributed by atoms with Gasteiger partial charge in [-0.25, -0.2) is 4.79 Å². The van der Waals surface area contributed by atoms with Gasteiger partial charge in [0.05, 0.1) is 5.71 Å². The van der Waals surface area contributed by atoms with Crippen molar-refractivity contribution >= 4 is 17.5 Å². The third kappa shape index (κ3) is 5.19. The number of aryl methyl sites for hydroxylation is 1. The van der Waals surface area contributed by atoms with E-state index in [1.54, 1.807) is 24.3 Å². The highest BCUT2D eigenvalue weighted by Crippen LogP contribution is 2.21. The molecule has 0 aliphatic heterocycles. The van der Waals surface area contributed by atoms with Crippen molar-refractivity contribution in [3.63, 3.8) is 0 Å². The quantitative estimate of drug-likeness (QED) is 0.386. The summed E-state index contributed by atoms with van der Waals surface area (Å²) in [6.07, 6.45) is -0.283. The van der Waals surface area contributed by atoms with Crippen LogP contribution in [0.25, 0.3) is 0 Å². The maximum Gasteiger partial charge on any atom is 0.437 e. The molecule has 0 spiro atoms. The monoisotopic (exact) mass is 360 g/mol. The van der Waals surface area contributed by atoms with Crippen LogP contribution in [0.4, 0.5) is 10.5 Å². The molecule has 27 heavy (non-hydrogen) atoms. The molecule has 0 radical (unpaired) electrons. The number of oxime groups is 1. The Morgan fingerprint density at radius 1 is 1.00 bits per heavy atom. The maximum absolute atomic E-state index is 12.0. The summed E-state index contributed by atoms with van der Waals surface area (Å²) in [7, 11) is 0. The van der Waals surface area contributed by atoms with Crippen molar-refractivity contribution in [3.05, 3.63) is 95.6 Å². The van der Waals surface area contributed by atoms with Crippen LogP contribution in [-0.4, -0.2) is 16.9 Å². The molecule has 3 aromatic carbocycles. The van der Waals surface area contributed by atoms with Gasteiger partial charge < -0.3 is 5.11 Å². The van der Waals surface area contributed by atoms with Gasteiger partial charge >= 0.3 is 6.09 Å². The first kappa shape index (κ1) is 18.2. The molecule has 0 fully saturated rings. The molecule has 0 saturated heterocycles. The molecular formula is C22H20N2O3. The van der Waals surface area contributed by atoms with E-state index in [1.165, 1.54) is 0 Å². The summed E-state index contributed by atoms with van der Waals surface area (Å²) < 4.78 is 0. The van der Waals surface area contributed by atoms with Crippen molar-refractivity contribution in [2.75, 3.05) is 5.32 Å². The van der Waals surface area contributed by atoms with Crippen LogP contribution in [0.5, 0.6) is 5.75 Å². The molecule has 0 aliphatic rings. The van der Waals surface area contributed by atoms with Gasteiger partial charge in [-0.15, -0.1) is 0 Å². The van der Waals surface area contributed by atoms with Gasteiger partial charge in [-0.1, -0.05) is 59.8 Å². The van der Waals surface area contributed by atoms with E-state index in [0.29, 0.717) is 23.4 Å². The molecule has 3 aromatic rings. The fraction of sp³-hybridized carbons (Fsp3) is 0.0909. The Balaban J connectivity index is 1.82. The Kier molecular flexibility index (Phi) is 5.84. The summed E-state index contributed by atoms with van der Waals surface area (Å²) in [5, 5.41) is 16.9. The van der Waals surface area contributed by atoms with Crippen LogP contribution in [0, 0.1) is 6.92 Å². The summed E-state index contributed by atoms with van der Waals surface area (Å²) in [5.41, 5.74) is 3.51. The first-order valence-corrected chi connectivity index (χ1v) is 8.55. The molecule has 3 rings (SSSR count). The second kappa shape index (κ2) is 8.67. The zero-order valence-electron chi connectivity index (χ0n) is 14.9. The number of amides is 1. The minimum absolute atomic E-state index is 0.0942. The Morgan fingerprint density at radius 3 is 2.33 bits per heavy atom. The van der Waals surface area contributed by atoms with E-state index < -0.39 is 6.09 Å². The van der Waals surface area contributed by atoms with Crippen molar-refractivity contribution in [1.82, 2.24) is 0 Å². The standard InChI is InChI=1S/C22H20N2O3/c1-16-12-13-19(21(25)14-16)20(15-17-8-4-2-5-9-17)24-27-22(26)23-18-10-6-3-7-11-18/h2-14,25H,15H2,1H3,(H,23,26)/b24-20-. The fourth-order valence-electron chi connectivity index (χ4n) is 2.61. The number of hydrogen-bond acceptors (Lipinski definition) is 4. The summed E-state index contributed by atoms with van der Waals surface area (Å²) in [6.45, 7) is 1.89. The first-order valence-electron chi connectivity index (χ1n) is 8.55. The van der Waals surface area contributed by atoms with Gasteiger partial charge in [0.15, 0.2) is 0 Å². The minimum Gasteiger partial charge on any atom is -0.507 e. The van der Waals surface area contributed by atoms with E-state index >= 15 is 0 Å². The molecule has 2 N–H and O–H groups in total. The number of phenolic OH excluding ortho intramolecular Hbond substituents is 1. The molecule has 0 aliphatic carbocycles. The van der Waals surface area contributed by atoms with Crippen molar-refractivity contribution < 1.29 is 14.7 Å². The minimum atomic E-state index is -0.696. The van der Waals surface area contributed by atoms with Gasteiger partial charge in [-0.3, -0.25) is 10.2 Å². The Bertz CT molecular complexity index is 938. The second-order valence-electron chi connectivity index (χ2n) is 6.09. The molecular weight excluding hydrogens is 340 g/mol. The third-order valence-corrected chi connectivity index (χ3v) is 3.94. The van der Waals surface area contributed by atoms with Crippen molar-refractivity contribution in [2.24, 2.45) is 5.16 Å². The summed E-state index contributed by atoms with van der Waals surface area (Å²) in [6, 6.07) is 23.9. The van der Waals surface area contributed by atoms with Crippen molar-refractivity contribution in [1.29, 1.82) is 0 Å². The van der Waals surface area contributed by atoms with Crippen LogP contribution < -0.4 is 5.32 Å². The molecule has 0 atom stereocenters. The number of nitrogens with one attached hydrogen (secondary N) is 1. The number of rotatable bonds is 5. The van der Waals surface area contributed by atoms with Gasteiger partial charge in [0.25, 0.3) is 0 Å². The number of anilines is 1. The average molecular weight is 360 g/mol. The zero-order chi connectivity index (χ0) is 19.1. The van der Waals surface area contributed by atoms with E-state index in [0.717, 1.165) is 11.1 Å². The largest absolute Gasteiger partial charge is 0.507 e. The highest BCUT2D eigenvalue weighted by Gasteiger charge is 2.13. The summed E-state index contributed by atoms with van der Waals surface area (Å²) in [4.78, 5) is 17.1. The second-order valence-corrected chi connectivity index (χ2v) is 6.09. The Hall–Kier alpha value is -3.60. The highest BCUT2D eigenvalue weighted by atomic mass is 16.7. The predicted octanol–water partition coefficient (Wildman–Crippen LogP) is 4.90. The number of carbonyl (C=O) groups excluding carboxylic acids is 1. The van der Waals surface area contributed by atoms with E-state index in [2.05, 4.69) is 10.5 Å². The predicted molar refractivity (Wildman–Crippen MR) is 106 cm³/mol. The Morgan fingerprint density at radius 2 is 1.67 bits per heavy atom. The number of carbonyl (C=O) groups is 1. The lowest BCUT2D eigenvalue weighted by Gasteiger charge is -2.10. The van der Waals surface area contributed by atoms with Gasteiger partial charge in [-0.2, -0.15) is 0 Å². The average Bonchev–Trinajstić information content (AvgIpc) is 2.67. The SMILES string of the molecule is Cc1ccc(/C(Cc2ccccc2)=N\OC(=O)Nc2ccccc2)c(O)c1. The number of nitrogens with zero attached hydrogens (tertiary/aromatic N) is 1. The smallest absolute Gasteiger partial charge is 0.437 e. The molecule has 0 bridgehead atoms. The lowest BCUT2D eigenvalue weighted by Crippen LogP contribution is -2.14. The maximum atomic E-state index is 12.0.